The fourth-order valence-electron chi connectivity index (χ4n) is 3.95. The maximum absolute atomic E-state index is 13.3. The molecule has 3 aromatic rings. The zero-order chi connectivity index (χ0) is 21.6. The van der Waals surface area contributed by atoms with Crippen molar-refractivity contribution in [2.75, 3.05) is 25.1 Å². The third kappa shape index (κ3) is 3.69. The van der Waals surface area contributed by atoms with E-state index in [2.05, 4.69) is 5.32 Å². The monoisotopic (exact) mass is 449 g/mol. The molecule has 3 heterocycles. The Balaban J connectivity index is 1.68. The number of fused-ring (bicyclic) bond motifs is 2. The molecule has 1 aromatic heterocycles. The first-order valence-corrected chi connectivity index (χ1v) is 10.4. The van der Waals surface area contributed by atoms with Gasteiger partial charge in [-0.25, -0.2) is 4.68 Å². The highest BCUT2D eigenvalue weighted by atomic mass is 35.5. The largest absolute Gasteiger partial charge is 0.486 e. The van der Waals surface area contributed by atoms with E-state index < -0.39 is 11.7 Å². The highest BCUT2D eigenvalue weighted by Crippen LogP contribution is 2.41. The Kier molecular flexibility index (Phi) is 4.97. The van der Waals surface area contributed by atoms with E-state index in [0.29, 0.717) is 36.8 Å². The minimum Gasteiger partial charge on any atom is -0.486 e. The minimum atomic E-state index is -4.47. The zero-order valence-corrected chi connectivity index (χ0v) is 17.2. The van der Waals surface area contributed by atoms with Gasteiger partial charge in [0.15, 0.2) is 11.5 Å². The van der Waals surface area contributed by atoms with Crippen molar-refractivity contribution >= 4 is 17.4 Å². The summed E-state index contributed by atoms with van der Waals surface area (Å²) in [5, 5.41) is 8.33. The van der Waals surface area contributed by atoms with Crippen LogP contribution in [0.1, 0.15) is 24.0 Å². The predicted molar refractivity (Wildman–Crippen MR) is 111 cm³/mol. The smallest absolute Gasteiger partial charge is 0.416 e. The summed E-state index contributed by atoms with van der Waals surface area (Å²) in [4.78, 5) is 0. The van der Waals surface area contributed by atoms with Crippen molar-refractivity contribution in [1.29, 1.82) is 0 Å². The van der Waals surface area contributed by atoms with E-state index >= 15 is 0 Å². The molecule has 9 heteroatoms. The third-order valence-electron chi connectivity index (χ3n) is 5.45. The Bertz CT molecular complexity index is 1140. The van der Waals surface area contributed by atoms with Crippen molar-refractivity contribution in [1.82, 2.24) is 9.78 Å². The summed E-state index contributed by atoms with van der Waals surface area (Å²) in [6, 6.07) is 8.83. The van der Waals surface area contributed by atoms with Gasteiger partial charge in [-0.2, -0.15) is 18.3 Å². The molecule has 31 heavy (non-hydrogen) atoms. The topological polar surface area (TPSA) is 48.3 Å². The van der Waals surface area contributed by atoms with Crippen molar-refractivity contribution in [2.45, 2.75) is 25.4 Å². The Morgan fingerprint density at radius 3 is 2.61 bits per heavy atom. The van der Waals surface area contributed by atoms with E-state index in [1.54, 1.807) is 4.68 Å². The molecule has 2 aliphatic heterocycles. The number of hydrogen-bond donors (Lipinski definition) is 1. The molecule has 0 atom stereocenters. The van der Waals surface area contributed by atoms with Gasteiger partial charge in [-0.1, -0.05) is 11.6 Å². The Morgan fingerprint density at radius 1 is 1.00 bits per heavy atom. The van der Waals surface area contributed by atoms with Crippen LogP contribution in [0.2, 0.25) is 5.02 Å². The van der Waals surface area contributed by atoms with Gasteiger partial charge >= 0.3 is 6.18 Å². The van der Waals surface area contributed by atoms with Crippen LogP contribution in [-0.2, 0) is 12.6 Å². The molecule has 0 spiro atoms. The van der Waals surface area contributed by atoms with Gasteiger partial charge in [-0.05, 0) is 49.6 Å². The molecule has 1 N–H and O–H groups in total. The molecule has 0 bridgehead atoms. The van der Waals surface area contributed by atoms with E-state index in [4.69, 9.17) is 26.2 Å². The predicted octanol–water partition coefficient (Wildman–Crippen LogP) is 5.73. The van der Waals surface area contributed by atoms with Gasteiger partial charge in [0.25, 0.3) is 0 Å². The molecule has 0 saturated heterocycles. The van der Waals surface area contributed by atoms with Gasteiger partial charge in [-0.3, -0.25) is 0 Å². The molecule has 2 aromatic carbocycles. The number of hydrogen-bond acceptors (Lipinski definition) is 4. The van der Waals surface area contributed by atoms with Crippen molar-refractivity contribution in [3.05, 3.63) is 52.5 Å². The van der Waals surface area contributed by atoms with E-state index in [1.165, 1.54) is 6.07 Å². The Labute approximate surface area is 181 Å². The maximum atomic E-state index is 13.3. The number of aromatic nitrogens is 2. The number of benzene rings is 2. The van der Waals surface area contributed by atoms with Crippen LogP contribution in [-0.4, -0.2) is 29.5 Å². The normalized spacial score (nSPS) is 15.7. The summed E-state index contributed by atoms with van der Waals surface area (Å²) in [6.45, 7) is 1.69. The van der Waals surface area contributed by atoms with Crippen molar-refractivity contribution in [3.63, 3.8) is 0 Å². The van der Waals surface area contributed by atoms with Crippen molar-refractivity contribution in [3.8, 4) is 28.4 Å². The highest BCUT2D eigenvalue weighted by molar-refractivity contribution is 6.33. The summed E-state index contributed by atoms with van der Waals surface area (Å²) < 4.78 is 53.0. The Morgan fingerprint density at radius 2 is 1.81 bits per heavy atom. The van der Waals surface area contributed by atoms with Crippen LogP contribution in [0.25, 0.3) is 16.9 Å². The van der Waals surface area contributed by atoms with Crippen LogP contribution in [0.5, 0.6) is 11.5 Å². The average molecular weight is 450 g/mol. The molecule has 0 unspecified atom stereocenters. The fourth-order valence-corrected chi connectivity index (χ4v) is 4.16. The van der Waals surface area contributed by atoms with Gasteiger partial charge in [0.2, 0.25) is 0 Å². The molecule has 5 nitrogen and oxygen atoms in total. The number of alkyl halides is 3. The van der Waals surface area contributed by atoms with Gasteiger partial charge in [0.05, 0.1) is 22.0 Å². The lowest BCUT2D eigenvalue weighted by Gasteiger charge is -2.19. The summed E-state index contributed by atoms with van der Waals surface area (Å²) in [7, 11) is 0. The van der Waals surface area contributed by atoms with E-state index in [9.17, 15) is 13.2 Å². The summed E-state index contributed by atoms with van der Waals surface area (Å²) >= 11 is 6.34. The number of rotatable bonds is 2. The molecule has 0 saturated carbocycles. The maximum Gasteiger partial charge on any atom is 0.416 e. The standard InChI is InChI=1S/C22H19ClF3N3O2/c23-17-6-4-13(22(24,25)26)11-16(17)20-15-3-1-2-8-27-21(15)29(28-20)14-5-7-18-19(12-14)31-10-9-30-18/h4-7,11-12,27H,1-3,8-10H2. The van der Waals surface area contributed by atoms with Gasteiger partial charge in [-0.15, -0.1) is 0 Å². The van der Waals surface area contributed by atoms with E-state index in [0.717, 1.165) is 48.6 Å². The molecule has 2 aliphatic rings. The number of nitrogens with one attached hydrogen (secondary N) is 1. The third-order valence-corrected chi connectivity index (χ3v) is 5.78. The lowest BCUT2D eigenvalue weighted by molar-refractivity contribution is -0.137. The first-order chi connectivity index (χ1) is 14.9. The second-order valence-corrected chi connectivity index (χ2v) is 7.90. The van der Waals surface area contributed by atoms with Crippen molar-refractivity contribution in [2.24, 2.45) is 0 Å². The Hall–Kier alpha value is -2.87. The molecular formula is C22H19ClF3N3O2. The second-order valence-electron chi connectivity index (χ2n) is 7.49. The minimum absolute atomic E-state index is 0.229. The van der Waals surface area contributed by atoms with Gasteiger partial charge in [0.1, 0.15) is 19.0 Å². The lowest BCUT2D eigenvalue weighted by Crippen LogP contribution is -2.15. The zero-order valence-electron chi connectivity index (χ0n) is 16.4. The number of anilines is 1. The summed E-state index contributed by atoms with van der Waals surface area (Å²) in [5.74, 6) is 2.03. The quantitative estimate of drug-likeness (QED) is 0.542. The molecule has 0 fully saturated rings. The molecule has 0 amide bonds. The molecule has 5 rings (SSSR count). The summed E-state index contributed by atoms with van der Waals surface area (Å²) in [6.07, 6.45) is -1.93. The van der Waals surface area contributed by atoms with E-state index in [-0.39, 0.29) is 10.6 Å². The first kappa shape index (κ1) is 20.1. The van der Waals surface area contributed by atoms with Crippen LogP contribution in [0.15, 0.2) is 36.4 Å². The van der Waals surface area contributed by atoms with Crippen molar-refractivity contribution < 1.29 is 22.6 Å². The van der Waals surface area contributed by atoms with Crippen LogP contribution < -0.4 is 14.8 Å². The van der Waals surface area contributed by atoms with Crippen LogP contribution in [0, 0.1) is 0 Å². The molecular weight excluding hydrogens is 431 g/mol. The first-order valence-electron chi connectivity index (χ1n) is 10.0. The van der Waals surface area contributed by atoms with Gasteiger partial charge < -0.3 is 14.8 Å². The summed E-state index contributed by atoms with van der Waals surface area (Å²) in [5.41, 5.74) is 1.55. The van der Waals surface area contributed by atoms with Crippen LogP contribution in [0.3, 0.4) is 0 Å². The highest BCUT2D eigenvalue weighted by Gasteiger charge is 2.32. The molecule has 0 aliphatic carbocycles. The lowest BCUT2D eigenvalue weighted by atomic mass is 10.0. The average Bonchev–Trinajstić information content (AvgIpc) is 2.93. The molecule has 162 valence electrons. The van der Waals surface area contributed by atoms with Crippen LogP contribution in [0.4, 0.5) is 19.0 Å². The van der Waals surface area contributed by atoms with E-state index in [1.807, 2.05) is 18.2 Å². The second kappa shape index (κ2) is 7.67. The number of halogens is 4. The van der Waals surface area contributed by atoms with Gasteiger partial charge in [0, 0.05) is 23.7 Å². The number of ether oxygens (including phenoxy) is 2. The fraction of sp³-hybridized carbons (Fsp3) is 0.318. The number of nitrogens with zero attached hydrogens (tertiary/aromatic N) is 2. The SMILES string of the molecule is FC(F)(F)c1ccc(Cl)c(-c2nn(-c3ccc4c(c3)OCCO4)c3c2CCCCN3)c1. The molecule has 0 radical (unpaired) electrons. The van der Waals surface area contributed by atoms with Crippen LogP contribution >= 0.6 is 11.6 Å².